The third kappa shape index (κ3) is 2.97. The maximum absolute atomic E-state index is 12.5. The molecule has 4 aromatic rings. The van der Waals surface area contributed by atoms with Gasteiger partial charge in [0, 0.05) is 28.4 Å². The molecule has 0 aliphatic carbocycles. The lowest BCUT2D eigenvalue weighted by atomic mass is 10.1. The van der Waals surface area contributed by atoms with Gasteiger partial charge in [0.05, 0.1) is 18.5 Å². The molecule has 0 aliphatic rings. The topological polar surface area (TPSA) is 82.8 Å². The smallest absolute Gasteiger partial charge is 0.255 e. The monoisotopic (exact) mass is 332 g/mol. The van der Waals surface area contributed by atoms with Crippen LogP contribution in [0.4, 0.5) is 5.69 Å². The number of hydrogen-bond acceptors (Lipinski definition) is 3. The second-order valence-corrected chi connectivity index (χ2v) is 5.64. The van der Waals surface area contributed by atoms with Gasteiger partial charge in [-0.3, -0.25) is 9.89 Å². The summed E-state index contributed by atoms with van der Waals surface area (Å²) in [5, 5.41) is 10.8. The van der Waals surface area contributed by atoms with Crippen LogP contribution < -0.4 is 10.1 Å². The van der Waals surface area contributed by atoms with Crippen molar-refractivity contribution in [3.8, 4) is 17.1 Å². The van der Waals surface area contributed by atoms with Crippen LogP contribution in [0.25, 0.3) is 22.3 Å². The number of H-pyrrole nitrogens is 2. The summed E-state index contributed by atoms with van der Waals surface area (Å²) in [4.78, 5) is 15.8. The zero-order valence-electron chi connectivity index (χ0n) is 13.5. The average Bonchev–Trinajstić information content (AvgIpc) is 3.31. The normalized spacial score (nSPS) is 10.8. The lowest BCUT2D eigenvalue weighted by Crippen LogP contribution is -2.11. The maximum Gasteiger partial charge on any atom is 0.255 e. The maximum atomic E-state index is 12.5. The van der Waals surface area contributed by atoms with Gasteiger partial charge < -0.3 is 15.0 Å². The number of ether oxygens (including phenoxy) is 1. The van der Waals surface area contributed by atoms with Gasteiger partial charge in [0.1, 0.15) is 5.75 Å². The number of benzene rings is 2. The molecule has 2 heterocycles. The number of anilines is 1. The van der Waals surface area contributed by atoms with E-state index in [0.29, 0.717) is 5.56 Å². The Morgan fingerprint density at radius 1 is 1.04 bits per heavy atom. The molecule has 0 unspecified atom stereocenters. The molecule has 124 valence electrons. The molecule has 6 nitrogen and oxygen atoms in total. The van der Waals surface area contributed by atoms with E-state index in [-0.39, 0.29) is 5.91 Å². The molecule has 2 aromatic carbocycles. The van der Waals surface area contributed by atoms with E-state index in [1.807, 2.05) is 30.3 Å². The molecule has 6 heteroatoms. The number of fused-ring (bicyclic) bond motifs is 1. The first-order chi connectivity index (χ1) is 12.2. The van der Waals surface area contributed by atoms with Gasteiger partial charge in [-0.1, -0.05) is 6.07 Å². The van der Waals surface area contributed by atoms with E-state index in [0.717, 1.165) is 33.7 Å². The van der Waals surface area contributed by atoms with E-state index < -0.39 is 0 Å². The molecule has 0 atom stereocenters. The zero-order chi connectivity index (χ0) is 17.2. The summed E-state index contributed by atoms with van der Waals surface area (Å²) in [7, 11) is 1.61. The molecular formula is C19H16N4O2. The van der Waals surface area contributed by atoms with Gasteiger partial charge in [-0.15, -0.1) is 0 Å². The summed E-state index contributed by atoms with van der Waals surface area (Å²) in [6.45, 7) is 0. The number of rotatable bonds is 4. The number of amides is 1. The highest BCUT2D eigenvalue weighted by Gasteiger charge is 2.10. The molecule has 0 bridgehead atoms. The van der Waals surface area contributed by atoms with Crippen molar-refractivity contribution in [2.75, 3.05) is 12.4 Å². The number of methoxy groups -OCH3 is 1. The molecule has 0 fully saturated rings. The number of aromatic amines is 2. The largest absolute Gasteiger partial charge is 0.497 e. The van der Waals surface area contributed by atoms with Crippen LogP contribution in [0.5, 0.6) is 5.75 Å². The number of aromatic nitrogens is 3. The summed E-state index contributed by atoms with van der Waals surface area (Å²) >= 11 is 0. The van der Waals surface area contributed by atoms with Crippen molar-refractivity contribution in [3.63, 3.8) is 0 Å². The fraction of sp³-hybridized carbons (Fsp3) is 0.0526. The quantitative estimate of drug-likeness (QED) is 0.531. The number of nitrogens with zero attached hydrogens (tertiary/aromatic N) is 1. The highest BCUT2D eigenvalue weighted by molar-refractivity contribution is 6.06. The Bertz CT molecular complexity index is 1020. The Morgan fingerprint density at radius 3 is 2.60 bits per heavy atom. The van der Waals surface area contributed by atoms with Gasteiger partial charge in [0.2, 0.25) is 0 Å². The minimum atomic E-state index is -0.162. The third-order valence-electron chi connectivity index (χ3n) is 4.02. The second-order valence-electron chi connectivity index (χ2n) is 5.64. The van der Waals surface area contributed by atoms with E-state index in [9.17, 15) is 4.79 Å². The molecule has 0 saturated heterocycles. The van der Waals surface area contributed by atoms with Gasteiger partial charge in [0.25, 0.3) is 5.91 Å². The second kappa shape index (κ2) is 6.16. The Kier molecular flexibility index (Phi) is 3.70. The molecule has 2 aromatic heterocycles. The summed E-state index contributed by atoms with van der Waals surface area (Å²) in [6, 6.07) is 16.7. The number of nitrogens with one attached hydrogen (secondary N) is 3. The predicted molar refractivity (Wildman–Crippen MR) is 96.8 cm³/mol. The third-order valence-corrected chi connectivity index (χ3v) is 4.02. The van der Waals surface area contributed by atoms with Crippen LogP contribution in [0.1, 0.15) is 10.4 Å². The first kappa shape index (κ1) is 15.0. The molecule has 25 heavy (non-hydrogen) atoms. The van der Waals surface area contributed by atoms with Crippen molar-refractivity contribution in [1.82, 2.24) is 15.2 Å². The van der Waals surface area contributed by atoms with Gasteiger partial charge >= 0.3 is 0 Å². The van der Waals surface area contributed by atoms with Crippen LogP contribution in [0.3, 0.4) is 0 Å². The van der Waals surface area contributed by atoms with Crippen molar-refractivity contribution in [3.05, 3.63) is 66.4 Å². The van der Waals surface area contributed by atoms with E-state index in [2.05, 4.69) is 20.5 Å². The minimum absolute atomic E-state index is 0.162. The lowest BCUT2D eigenvalue weighted by molar-refractivity contribution is 0.102. The van der Waals surface area contributed by atoms with Crippen molar-refractivity contribution >= 4 is 22.5 Å². The highest BCUT2D eigenvalue weighted by Crippen LogP contribution is 2.24. The van der Waals surface area contributed by atoms with E-state index >= 15 is 0 Å². The van der Waals surface area contributed by atoms with Gasteiger partial charge in [0.15, 0.2) is 0 Å². The molecule has 0 aliphatic heterocycles. The summed E-state index contributed by atoms with van der Waals surface area (Å²) in [5.74, 6) is 0.585. The van der Waals surface area contributed by atoms with E-state index in [1.54, 1.807) is 37.6 Å². The van der Waals surface area contributed by atoms with Gasteiger partial charge in [-0.25, -0.2) is 0 Å². The van der Waals surface area contributed by atoms with E-state index in [1.165, 1.54) is 0 Å². The summed E-state index contributed by atoms with van der Waals surface area (Å²) in [6.07, 6.45) is 1.70. The van der Waals surface area contributed by atoms with Gasteiger partial charge in [-0.05, 0) is 48.5 Å². The fourth-order valence-electron chi connectivity index (χ4n) is 2.70. The predicted octanol–water partition coefficient (Wildman–Crippen LogP) is 3.82. The summed E-state index contributed by atoms with van der Waals surface area (Å²) in [5.41, 5.74) is 4.03. The number of carbonyl (C=O) groups is 1. The van der Waals surface area contributed by atoms with Crippen LogP contribution in [-0.4, -0.2) is 28.2 Å². The van der Waals surface area contributed by atoms with Crippen molar-refractivity contribution in [2.45, 2.75) is 0 Å². The van der Waals surface area contributed by atoms with E-state index in [4.69, 9.17) is 4.74 Å². The van der Waals surface area contributed by atoms with Crippen LogP contribution in [-0.2, 0) is 0 Å². The van der Waals surface area contributed by atoms with Crippen molar-refractivity contribution < 1.29 is 9.53 Å². The van der Waals surface area contributed by atoms with Gasteiger partial charge in [-0.2, -0.15) is 5.10 Å². The minimum Gasteiger partial charge on any atom is -0.497 e. The number of carbonyl (C=O) groups excluding carboxylic acids is 1. The molecule has 0 saturated carbocycles. The van der Waals surface area contributed by atoms with Crippen LogP contribution in [0, 0.1) is 0 Å². The average molecular weight is 332 g/mol. The highest BCUT2D eigenvalue weighted by atomic mass is 16.5. The molecule has 3 N–H and O–H groups in total. The van der Waals surface area contributed by atoms with Crippen LogP contribution >= 0.6 is 0 Å². The molecule has 4 rings (SSSR count). The van der Waals surface area contributed by atoms with Crippen molar-refractivity contribution in [2.24, 2.45) is 0 Å². The van der Waals surface area contributed by atoms with Crippen LogP contribution in [0.15, 0.2) is 60.8 Å². The Hall–Kier alpha value is -3.54. The van der Waals surface area contributed by atoms with Crippen LogP contribution in [0.2, 0.25) is 0 Å². The molecule has 1 amide bonds. The summed E-state index contributed by atoms with van der Waals surface area (Å²) < 4.78 is 5.12. The Balaban J connectivity index is 1.58. The number of hydrogen-bond donors (Lipinski definition) is 3. The lowest BCUT2D eigenvalue weighted by Gasteiger charge is -2.06. The first-order valence-corrected chi connectivity index (χ1v) is 7.81. The first-order valence-electron chi connectivity index (χ1n) is 7.81. The SMILES string of the molecule is COc1ccc(NC(=O)c2ccc3cc(-c4ccn[nH]4)[nH]c3c2)cc1. The Labute approximate surface area is 143 Å². The molecule has 0 spiro atoms. The fourth-order valence-corrected chi connectivity index (χ4v) is 2.70. The molecule has 0 radical (unpaired) electrons. The standard InChI is InChI=1S/C19H16N4O2/c1-25-15-6-4-14(5-7-15)21-19(24)13-3-2-12-10-18(22-17(12)11-13)16-8-9-20-23-16/h2-11,22H,1H3,(H,20,23)(H,21,24). The zero-order valence-corrected chi connectivity index (χ0v) is 13.5. The molecular weight excluding hydrogens is 316 g/mol. The van der Waals surface area contributed by atoms with Crippen molar-refractivity contribution in [1.29, 1.82) is 0 Å². The Morgan fingerprint density at radius 2 is 1.88 bits per heavy atom.